The van der Waals surface area contributed by atoms with Crippen LogP contribution in [0, 0.1) is 6.92 Å². The molecule has 20 heavy (non-hydrogen) atoms. The molecule has 2 N–H and O–H groups in total. The van der Waals surface area contributed by atoms with Crippen molar-refractivity contribution in [2.75, 3.05) is 0 Å². The number of aromatic nitrogens is 3. The number of fused-ring (bicyclic) bond motifs is 1. The molecule has 1 aromatic carbocycles. The van der Waals surface area contributed by atoms with E-state index < -0.39 is 5.56 Å². The Morgan fingerprint density at radius 2 is 1.85 bits per heavy atom. The van der Waals surface area contributed by atoms with E-state index in [0.717, 1.165) is 5.56 Å². The van der Waals surface area contributed by atoms with E-state index in [1.165, 1.54) is 0 Å². The van der Waals surface area contributed by atoms with Crippen LogP contribution in [0.3, 0.4) is 0 Å². The van der Waals surface area contributed by atoms with Crippen molar-refractivity contribution in [3.05, 3.63) is 74.1 Å². The van der Waals surface area contributed by atoms with Gasteiger partial charge in [0, 0.05) is 17.5 Å². The first-order valence-electron chi connectivity index (χ1n) is 6.30. The Kier molecular flexibility index (Phi) is 2.95. The van der Waals surface area contributed by atoms with Crippen LogP contribution in [0.5, 0.6) is 0 Å². The topological polar surface area (TPSA) is 78.6 Å². The lowest BCUT2D eigenvalue weighted by Gasteiger charge is -2.05. The van der Waals surface area contributed by atoms with Crippen molar-refractivity contribution >= 4 is 10.8 Å². The lowest BCUT2D eigenvalue weighted by atomic mass is 10.1. The minimum absolute atomic E-state index is 0.136. The van der Waals surface area contributed by atoms with E-state index in [2.05, 4.69) is 15.2 Å². The highest BCUT2D eigenvalue weighted by atomic mass is 16.1. The van der Waals surface area contributed by atoms with Gasteiger partial charge in [-0.05, 0) is 18.6 Å². The molecule has 0 saturated heterocycles. The van der Waals surface area contributed by atoms with Crippen molar-refractivity contribution in [3.63, 3.8) is 0 Å². The van der Waals surface area contributed by atoms with Crippen molar-refractivity contribution in [1.82, 2.24) is 15.2 Å². The van der Waals surface area contributed by atoms with Crippen LogP contribution in [0.25, 0.3) is 10.8 Å². The number of benzene rings is 1. The molecule has 0 aliphatic carbocycles. The standard InChI is InChI=1S/C15H13N3O2/c1-9-7-11-12(8-10-5-3-2-4-6-10)17-18-15(20)13(11)14(19)16-9/h2-7H,8H2,1H3,(H,16,19)(H,18,20). The van der Waals surface area contributed by atoms with Crippen molar-refractivity contribution in [1.29, 1.82) is 0 Å². The van der Waals surface area contributed by atoms with Crippen molar-refractivity contribution in [2.24, 2.45) is 0 Å². The molecule has 3 rings (SSSR count). The zero-order chi connectivity index (χ0) is 14.1. The number of pyridine rings is 1. The van der Waals surface area contributed by atoms with Crippen LogP contribution in [-0.4, -0.2) is 15.2 Å². The summed E-state index contributed by atoms with van der Waals surface area (Å²) in [7, 11) is 0. The summed E-state index contributed by atoms with van der Waals surface area (Å²) in [6.07, 6.45) is 0.566. The maximum absolute atomic E-state index is 11.9. The zero-order valence-corrected chi connectivity index (χ0v) is 10.9. The molecule has 0 atom stereocenters. The first-order valence-corrected chi connectivity index (χ1v) is 6.30. The second-order valence-corrected chi connectivity index (χ2v) is 4.73. The number of nitrogens with zero attached hydrogens (tertiary/aromatic N) is 1. The zero-order valence-electron chi connectivity index (χ0n) is 10.9. The Morgan fingerprint density at radius 3 is 2.60 bits per heavy atom. The van der Waals surface area contributed by atoms with Gasteiger partial charge in [0.05, 0.1) is 5.69 Å². The molecule has 0 unspecified atom stereocenters. The van der Waals surface area contributed by atoms with E-state index in [1.54, 1.807) is 13.0 Å². The lowest BCUT2D eigenvalue weighted by molar-refractivity contribution is 0.929. The average Bonchev–Trinajstić information content (AvgIpc) is 2.42. The van der Waals surface area contributed by atoms with Gasteiger partial charge in [0.15, 0.2) is 0 Å². The van der Waals surface area contributed by atoms with Gasteiger partial charge in [0.2, 0.25) is 0 Å². The van der Waals surface area contributed by atoms with Crippen LogP contribution in [0.15, 0.2) is 46.0 Å². The van der Waals surface area contributed by atoms with Crippen molar-refractivity contribution < 1.29 is 0 Å². The molecule has 5 nitrogen and oxygen atoms in total. The number of aryl methyl sites for hydroxylation is 1. The molecule has 0 aliphatic heterocycles. The third kappa shape index (κ3) is 2.14. The maximum atomic E-state index is 11.9. The van der Waals surface area contributed by atoms with Crippen LogP contribution < -0.4 is 11.1 Å². The van der Waals surface area contributed by atoms with Gasteiger partial charge in [-0.15, -0.1) is 0 Å². The van der Waals surface area contributed by atoms with Crippen LogP contribution in [-0.2, 0) is 6.42 Å². The monoisotopic (exact) mass is 267 g/mol. The van der Waals surface area contributed by atoms with Crippen LogP contribution in [0.1, 0.15) is 17.0 Å². The highest BCUT2D eigenvalue weighted by molar-refractivity contribution is 5.83. The summed E-state index contributed by atoms with van der Waals surface area (Å²) in [5, 5.41) is 7.24. The van der Waals surface area contributed by atoms with E-state index in [9.17, 15) is 9.59 Å². The largest absolute Gasteiger partial charge is 0.326 e. The van der Waals surface area contributed by atoms with Gasteiger partial charge in [-0.1, -0.05) is 30.3 Å². The Balaban J connectivity index is 2.24. The summed E-state index contributed by atoms with van der Waals surface area (Å²) in [5.74, 6) is 0. The van der Waals surface area contributed by atoms with Crippen LogP contribution in [0.2, 0.25) is 0 Å². The third-order valence-electron chi connectivity index (χ3n) is 3.21. The molecule has 0 saturated carbocycles. The van der Waals surface area contributed by atoms with E-state index in [4.69, 9.17) is 0 Å². The van der Waals surface area contributed by atoms with Gasteiger partial charge in [-0.2, -0.15) is 5.10 Å². The number of hydrogen-bond acceptors (Lipinski definition) is 3. The minimum Gasteiger partial charge on any atom is -0.326 e. The second kappa shape index (κ2) is 4.77. The highest BCUT2D eigenvalue weighted by Crippen LogP contribution is 2.14. The predicted molar refractivity (Wildman–Crippen MR) is 77.0 cm³/mol. The molecule has 0 aliphatic rings. The number of H-pyrrole nitrogens is 2. The van der Waals surface area contributed by atoms with Gasteiger partial charge >= 0.3 is 0 Å². The van der Waals surface area contributed by atoms with E-state index in [1.807, 2.05) is 30.3 Å². The third-order valence-corrected chi connectivity index (χ3v) is 3.21. The maximum Gasteiger partial charge on any atom is 0.277 e. The predicted octanol–water partition coefficient (Wildman–Crippen LogP) is 1.51. The highest BCUT2D eigenvalue weighted by Gasteiger charge is 2.11. The summed E-state index contributed by atoms with van der Waals surface area (Å²) >= 11 is 0. The molecule has 5 heteroatoms. The Labute approximate surface area is 114 Å². The Hall–Kier alpha value is -2.69. The smallest absolute Gasteiger partial charge is 0.277 e. The fraction of sp³-hybridized carbons (Fsp3) is 0.133. The fourth-order valence-electron chi connectivity index (χ4n) is 2.30. The molecule has 0 spiro atoms. The number of nitrogens with one attached hydrogen (secondary N) is 2. The molecule has 2 heterocycles. The molecular weight excluding hydrogens is 254 g/mol. The molecule has 3 aromatic rings. The molecule has 0 fully saturated rings. The van der Waals surface area contributed by atoms with Gasteiger partial charge in [0.1, 0.15) is 5.39 Å². The first kappa shape index (κ1) is 12.3. The normalized spacial score (nSPS) is 10.8. The number of rotatable bonds is 2. The summed E-state index contributed by atoms with van der Waals surface area (Å²) < 4.78 is 0. The molecular formula is C15H13N3O2. The van der Waals surface area contributed by atoms with Gasteiger partial charge < -0.3 is 4.98 Å². The molecule has 100 valence electrons. The number of aromatic amines is 2. The average molecular weight is 267 g/mol. The second-order valence-electron chi connectivity index (χ2n) is 4.73. The van der Waals surface area contributed by atoms with Crippen LogP contribution >= 0.6 is 0 Å². The molecule has 0 bridgehead atoms. The summed E-state index contributed by atoms with van der Waals surface area (Å²) in [4.78, 5) is 26.3. The summed E-state index contributed by atoms with van der Waals surface area (Å²) in [6, 6.07) is 11.6. The lowest BCUT2D eigenvalue weighted by Crippen LogP contribution is -2.21. The quantitative estimate of drug-likeness (QED) is 0.738. The Morgan fingerprint density at radius 1 is 1.10 bits per heavy atom. The summed E-state index contributed by atoms with van der Waals surface area (Å²) in [5.41, 5.74) is 1.64. The van der Waals surface area contributed by atoms with Gasteiger partial charge in [0.25, 0.3) is 11.1 Å². The van der Waals surface area contributed by atoms with Gasteiger partial charge in [-0.3, -0.25) is 9.59 Å². The van der Waals surface area contributed by atoms with Crippen molar-refractivity contribution in [2.45, 2.75) is 13.3 Å². The van der Waals surface area contributed by atoms with E-state index in [-0.39, 0.29) is 10.9 Å². The minimum atomic E-state index is -0.460. The first-order chi connectivity index (χ1) is 9.65. The number of hydrogen-bond donors (Lipinski definition) is 2. The molecule has 0 amide bonds. The van der Waals surface area contributed by atoms with Gasteiger partial charge in [-0.25, -0.2) is 5.10 Å². The molecule has 2 aromatic heterocycles. The van der Waals surface area contributed by atoms with Crippen LogP contribution in [0.4, 0.5) is 0 Å². The van der Waals surface area contributed by atoms with Crippen molar-refractivity contribution in [3.8, 4) is 0 Å². The SMILES string of the molecule is Cc1cc2c(Cc3ccccc3)n[nH]c(=O)c2c(=O)[nH]1. The van der Waals surface area contributed by atoms with E-state index in [0.29, 0.717) is 23.2 Å². The Bertz CT molecular complexity index is 879. The van der Waals surface area contributed by atoms with E-state index >= 15 is 0 Å². The molecule has 0 radical (unpaired) electrons. The summed E-state index contributed by atoms with van der Waals surface area (Å²) in [6.45, 7) is 1.79. The fourth-order valence-corrected chi connectivity index (χ4v) is 2.30.